The summed E-state index contributed by atoms with van der Waals surface area (Å²) < 4.78 is 41.3. The van der Waals surface area contributed by atoms with Crippen LogP contribution in [0.25, 0.3) is 21.8 Å². The van der Waals surface area contributed by atoms with Gasteiger partial charge in [-0.15, -0.1) is 0 Å². The first-order valence-electron chi connectivity index (χ1n) is 7.26. The molecule has 0 aliphatic heterocycles. The molecule has 1 heterocycles. The number of hydrogen-bond donors (Lipinski definition) is 0. The van der Waals surface area contributed by atoms with Crippen LogP contribution in [-0.4, -0.2) is 7.25 Å². The fourth-order valence-corrected chi connectivity index (χ4v) is 2.90. The maximum absolute atomic E-state index is 9.75. The second-order valence-corrected chi connectivity index (χ2v) is 5.60. The van der Waals surface area contributed by atoms with E-state index in [0.29, 0.717) is 0 Å². The summed E-state index contributed by atoms with van der Waals surface area (Å²) in [6.07, 6.45) is 0. The molecule has 0 spiro atoms. The Morgan fingerprint density at radius 3 is 1.96 bits per heavy atom. The van der Waals surface area contributed by atoms with E-state index in [1.807, 2.05) is 0 Å². The zero-order chi connectivity index (χ0) is 17.4. The fraction of sp³-hybridized carbons (Fsp3) is 0.235. The SMILES string of the molecule is Cc1ccc2c(c1C)c(C)c1ccccc1[n+]2C.F[B-](F)(F)F. The molecule has 23 heavy (non-hydrogen) atoms. The number of fused-ring (bicyclic) bond motifs is 2. The van der Waals surface area contributed by atoms with E-state index in [1.54, 1.807) is 0 Å². The minimum Gasteiger partial charge on any atom is -0.418 e. The molecule has 0 bridgehead atoms. The van der Waals surface area contributed by atoms with Crippen LogP contribution in [0.1, 0.15) is 16.7 Å². The van der Waals surface area contributed by atoms with Crippen molar-refractivity contribution in [2.45, 2.75) is 20.8 Å². The molecule has 0 fully saturated rings. The molecule has 122 valence electrons. The van der Waals surface area contributed by atoms with E-state index in [2.05, 4.69) is 68.8 Å². The van der Waals surface area contributed by atoms with Crippen LogP contribution in [0.15, 0.2) is 36.4 Å². The van der Waals surface area contributed by atoms with Gasteiger partial charge in [-0.3, -0.25) is 0 Å². The van der Waals surface area contributed by atoms with E-state index >= 15 is 0 Å². The summed E-state index contributed by atoms with van der Waals surface area (Å²) in [4.78, 5) is 0. The van der Waals surface area contributed by atoms with Crippen molar-refractivity contribution in [1.82, 2.24) is 0 Å². The average Bonchev–Trinajstić information content (AvgIpc) is 2.46. The fourth-order valence-electron chi connectivity index (χ4n) is 2.90. The lowest BCUT2D eigenvalue weighted by molar-refractivity contribution is -0.617. The third-order valence-electron chi connectivity index (χ3n) is 4.12. The van der Waals surface area contributed by atoms with Gasteiger partial charge in [0.05, 0.1) is 5.39 Å². The minimum absolute atomic E-state index is 1.30. The number of aryl methyl sites for hydroxylation is 4. The molecule has 1 nitrogen and oxygen atoms in total. The van der Waals surface area contributed by atoms with Crippen molar-refractivity contribution in [1.29, 1.82) is 0 Å². The number of hydrogen-bond acceptors (Lipinski definition) is 0. The van der Waals surface area contributed by atoms with Gasteiger partial charge in [0, 0.05) is 17.5 Å². The van der Waals surface area contributed by atoms with Crippen LogP contribution >= 0.6 is 0 Å². The number of para-hydroxylation sites is 1. The molecule has 0 radical (unpaired) electrons. The second-order valence-electron chi connectivity index (χ2n) is 5.60. The normalized spacial score (nSPS) is 11.5. The van der Waals surface area contributed by atoms with E-state index < -0.39 is 7.25 Å². The van der Waals surface area contributed by atoms with Gasteiger partial charge in [-0.2, -0.15) is 4.57 Å². The third-order valence-corrected chi connectivity index (χ3v) is 4.12. The Morgan fingerprint density at radius 1 is 0.783 bits per heavy atom. The van der Waals surface area contributed by atoms with Crippen LogP contribution < -0.4 is 4.57 Å². The Balaban J connectivity index is 0.000000338. The molecule has 2 aromatic carbocycles. The highest BCUT2D eigenvalue weighted by atomic mass is 19.5. The Kier molecular flexibility index (Phi) is 4.64. The summed E-state index contributed by atoms with van der Waals surface area (Å²) in [7, 11) is -3.85. The van der Waals surface area contributed by atoms with Gasteiger partial charge >= 0.3 is 7.25 Å². The smallest absolute Gasteiger partial charge is 0.418 e. The van der Waals surface area contributed by atoms with Gasteiger partial charge in [-0.1, -0.05) is 18.2 Å². The molecule has 0 aliphatic carbocycles. The lowest BCUT2D eigenvalue weighted by atomic mass is 9.97. The Bertz CT molecular complexity index is 866. The van der Waals surface area contributed by atoms with E-state index in [-0.39, 0.29) is 0 Å². The van der Waals surface area contributed by atoms with Crippen molar-refractivity contribution in [2.24, 2.45) is 7.05 Å². The van der Waals surface area contributed by atoms with Gasteiger partial charge in [-0.05, 0) is 43.5 Å². The van der Waals surface area contributed by atoms with Gasteiger partial charge in [-0.25, -0.2) is 0 Å². The summed E-state index contributed by atoms with van der Waals surface area (Å²) >= 11 is 0. The second kappa shape index (κ2) is 6.18. The van der Waals surface area contributed by atoms with Gasteiger partial charge < -0.3 is 17.3 Å². The molecule has 1 aromatic heterocycles. The van der Waals surface area contributed by atoms with Crippen molar-refractivity contribution in [3.63, 3.8) is 0 Å². The summed E-state index contributed by atoms with van der Waals surface area (Å²) in [6, 6.07) is 13.1. The molecule has 3 aromatic rings. The first-order chi connectivity index (χ1) is 10.6. The van der Waals surface area contributed by atoms with Crippen LogP contribution in [-0.2, 0) is 7.05 Å². The van der Waals surface area contributed by atoms with Gasteiger partial charge in [0.15, 0.2) is 0 Å². The quantitative estimate of drug-likeness (QED) is 0.236. The average molecular weight is 323 g/mol. The maximum Gasteiger partial charge on any atom is 0.673 e. The number of benzene rings is 2. The van der Waals surface area contributed by atoms with E-state index in [1.165, 1.54) is 38.5 Å². The number of nitrogens with zero attached hydrogens (tertiary/aromatic N) is 1. The van der Waals surface area contributed by atoms with Crippen molar-refractivity contribution in [2.75, 3.05) is 0 Å². The molecule has 6 heteroatoms. The third kappa shape index (κ3) is 3.63. The van der Waals surface area contributed by atoms with Gasteiger partial charge in [0.1, 0.15) is 7.05 Å². The molecule has 0 saturated heterocycles. The first kappa shape index (κ1) is 17.3. The Labute approximate surface area is 132 Å². The first-order valence-corrected chi connectivity index (χ1v) is 7.26. The van der Waals surface area contributed by atoms with Crippen LogP contribution in [0.5, 0.6) is 0 Å². The van der Waals surface area contributed by atoms with Crippen molar-refractivity contribution in [3.05, 3.63) is 53.1 Å². The van der Waals surface area contributed by atoms with Crippen molar-refractivity contribution < 1.29 is 21.8 Å². The van der Waals surface area contributed by atoms with Crippen molar-refractivity contribution >= 4 is 29.1 Å². The lowest BCUT2D eigenvalue weighted by Crippen LogP contribution is -2.30. The Hall–Kier alpha value is -2.11. The largest absolute Gasteiger partial charge is 0.673 e. The van der Waals surface area contributed by atoms with E-state index in [9.17, 15) is 17.3 Å². The number of pyridine rings is 1. The van der Waals surface area contributed by atoms with E-state index in [4.69, 9.17) is 0 Å². The maximum atomic E-state index is 9.75. The zero-order valence-corrected chi connectivity index (χ0v) is 13.5. The van der Waals surface area contributed by atoms with E-state index in [0.717, 1.165) is 0 Å². The summed E-state index contributed by atoms with van der Waals surface area (Å²) in [5.74, 6) is 0. The predicted octanol–water partition coefficient (Wildman–Crippen LogP) is 5.04. The van der Waals surface area contributed by atoms with Gasteiger partial charge in [0.25, 0.3) is 0 Å². The van der Waals surface area contributed by atoms with Crippen LogP contribution in [0.4, 0.5) is 17.3 Å². The summed E-state index contributed by atoms with van der Waals surface area (Å²) in [5, 5.41) is 2.75. The molecule has 3 rings (SSSR count). The number of rotatable bonds is 0. The number of halogens is 4. The zero-order valence-electron chi connectivity index (χ0n) is 13.5. The number of aromatic nitrogens is 1. The molecule has 0 saturated carbocycles. The van der Waals surface area contributed by atoms with Crippen LogP contribution in [0.2, 0.25) is 0 Å². The molecule has 0 aliphatic rings. The molecule has 0 unspecified atom stereocenters. The highest BCUT2D eigenvalue weighted by Crippen LogP contribution is 2.27. The lowest BCUT2D eigenvalue weighted by Gasteiger charge is -2.10. The molecular weight excluding hydrogens is 305 g/mol. The molecule has 0 amide bonds. The minimum atomic E-state index is -6.00. The highest BCUT2D eigenvalue weighted by Gasteiger charge is 2.20. The van der Waals surface area contributed by atoms with Crippen molar-refractivity contribution in [3.8, 4) is 0 Å². The molecule has 0 atom stereocenters. The topological polar surface area (TPSA) is 3.88 Å². The summed E-state index contributed by atoms with van der Waals surface area (Å²) in [6.45, 7) is 6.64. The van der Waals surface area contributed by atoms with Gasteiger partial charge in [0.2, 0.25) is 11.0 Å². The van der Waals surface area contributed by atoms with Crippen LogP contribution in [0.3, 0.4) is 0 Å². The highest BCUT2D eigenvalue weighted by molar-refractivity contribution is 6.50. The predicted molar refractivity (Wildman–Crippen MR) is 87.0 cm³/mol. The standard InChI is InChI=1S/C17H18N.BF4/c1-11-9-10-16-17(12(11)2)13(3)14-7-5-6-8-15(14)18(16)4;2-1(3,4)5/h5-10H,1-4H3;/q+1;-1. The van der Waals surface area contributed by atoms with Crippen LogP contribution in [0, 0.1) is 20.8 Å². The summed E-state index contributed by atoms with van der Waals surface area (Å²) in [5.41, 5.74) is 6.76. The Morgan fingerprint density at radius 2 is 1.35 bits per heavy atom. The molecular formula is C17H18BF4N. The monoisotopic (exact) mass is 323 g/mol. The molecule has 0 N–H and O–H groups in total.